The molecule has 2 aromatic carbocycles. The van der Waals surface area contributed by atoms with Crippen molar-refractivity contribution in [3.8, 4) is 0 Å². The lowest BCUT2D eigenvalue weighted by molar-refractivity contribution is -0.131. The summed E-state index contributed by atoms with van der Waals surface area (Å²) in [5.41, 5.74) is 3.32. The summed E-state index contributed by atoms with van der Waals surface area (Å²) in [4.78, 5) is 25.8. The molecule has 0 spiro atoms. The number of nitrogens with one attached hydrogen (secondary N) is 1. The molecule has 1 atom stereocenters. The van der Waals surface area contributed by atoms with Gasteiger partial charge in [-0.2, -0.15) is 0 Å². The summed E-state index contributed by atoms with van der Waals surface area (Å²) in [6.07, 6.45) is 1.25. The highest BCUT2D eigenvalue weighted by Gasteiger charge is 2.19. The number of rotatable bonds is 7. The largest absolute Gasteiger partial charge is 0.349 e. The van der Waals surface area contributed by atoms with Crippen LogP contribution in [0.5, 0.6) is 0 Å². The summed E-state index contributed by atoms with van der Waals surface area (Å²) in [5, 5.41) is 2.87. The third kappa shape index (κ3) is 5.75. The fourth-order valence-electron chi connectivity index (χ4n) is 2.76. The Bertz CT molecular complexity index is 696. The summed E-state index contributed by atoms with van der Waals surface area (Å²) in [5.74, 6) is -0.137. The quantitative estimate of drug-likeness (QED) is 0.840. The number of nitrogens with zero attached hydrogens (tertiary/aromatic N) is 1. The highest BCUT2D eigenvalue weighted by Crippen LogP contribution is 2.18. The van der Waals surface area contributed by atoms with Crippen LogP contribution in [0.4, 0.5) is 0 Å². The maximum absolute atomic E-state index is 12.6. The molecule has 0 aliphatic carbocycles. The SMILES string of the molecule is CCc1ccc(CN(C)C(=O)CC(NC(C)=O)c2ccccc2)cc1. The number of hydrogen-bond acceptors (Lipinski definition) is 2. The van der Waals surface area contributed by atoms with E-state index in [0.717, 1.165) is 17.5 Å². The minimum atomic E-state index is -0.309. The number of carbonyl (C=O) groups is 2. The third-order valence-electron chi connectivity index (χ3n) is 4.23. The number of benzene rings is 2. The average Bonchev–Trinajstić information content (AvgIpc) is 2.62. The molecule has 2 aromatic rings. The lowest BCUT2D eigenvalue weighted by atomic mass is 10.0. The Morgan fingerprint density at radius 1 is 1.00 bits per heavy atom. The van der Waals surface area contributed by atoms with E-state index in [4.69, 9.17) is 0 Å². The van der Waals surface area contributed by atoms with Crippen LogP contribution in [-0.2, 0) is 22.6 Å². The zero-order valence-electron chi connectivity index (χ0n) is 15.2. The van der Waals surface area contributed by atoms with Gasteiger partial charge in [0.15, 0.2) is 0 Å². The molecular weight excluding hydrogens is 312 g/mol. The molecular formula is C21H26N2O2. The predicted octanol–water partition coefficient (Wildman–Crippen LogP) is 3.47. The molecule has 1 N–H and O–H groups in total. The standard InChI is InChI=1S/C21H26N2O2/c1-4-17-10-12-18(13-11-17)15-23(3)21(25)14-20(22-16(2)24)19-8-6-5-7-9-19/h5-13,20H,4,14-15H2,1-3H3,(H,22,24). The highest BCUT2D eigenvalue weighted by molar-refractivity contribution is 5.79. The molecule has 2 rings (SSSR count). The van der Waals surface area contributed by atoms with Crippen LogP contribution in [0.3, 0.4) is 0 Å². The van der Waals surface area contributed by atoms with E-state index in [2.05, 4.69) is 36.5 Å². The van der Waals surface area contributed by atoms with Gasteiger partial charge < -0.3 is 10.2 Å². The van der Waals surface area contributed by atoms with E-state index < -0.39 is 0 Å². The number of amides is 2. The fourth-order valence-corrected chi connectivity index (χ4v) is 2.76. The van der Waals surface area contributed by atoms with Crippen molar-refractivity contribution in [1.82, 2.24) is 10.2 Å². The summed E-state index contributed by atoms with van der Waals surface area (Å²) in [6, 6.07) is 17.6. The van der Waals surface area contributed by atoms with Gasteiger partial charge in [0, 0.05) is 20.5 Å². The molecule has 4 nitrogen and oxygen atoms in total. The van der Waals surface area contributed by atoms with Gasteiger partial charge >= 0.3 is 0 Å². The van der Waals surface area contributed by atoms with Crippen molar-refractivity contribution < 1.29 is 9.59 Å². The second-order valence-corrected chi connectivity index (χ2v) is 6.29. The van der Waals surface area contributed by atoms with Gasteiger partial charge in [0.1, 0.15) is 0 Å². The molecule has 25 heavy (non-hydrogen) atoms. The van der Waals surface area contributed by atoms with E-state index in [1.54, 1.807) is 11.9 Å². The van der Waals surface area contributed by atoms with Crippen molar-refractivity contribution in [1.29, 1.82) is 0 Å². The van der Waals surface area contributed by atoms with E-state index >= 15 is 0 Å². The maximum Gasteiger partial charge on any atom is 0.225 e. The van der Waals surface area contributed by atoms with Crippen molar-refractivity contribution in [3.63, 3.8) is 0 Å². The van der Waals surface area contributed by atoms with Crippen molar-refractivity contribution in [2.45, 2.75) is 39.3 Å². The summed E-state index contributed by atoms with van der Waals surface area (Å²) in [6.45, 7) is 4.15. The van der Waals surface area contributed by atoms with Crippen molar-refractivity contribution in [3.05, 3.63) is 71.3 Å². The summed E-state index contributed by atoms with van der Waals surface area (Å²) in [7, 11) is 1.80. The molecule has 0 saturated carbocycles. The Hall–Kier alpha value is -2.62. The summed E-state index contributed by atoms with van der Waals surface area (Å²) >= 11 is 0. The Morgan fingerprint density at radius 3 is 2.16 bits per heavy atom. The third-order valence-corrected chi connectivity index (χ3v) is 4.23. The Morgan fingerprint density at radius 2 is 1.60 bits per heavy atom. The molecule has 2 amide bonds. The van der Waals surface area contributed by atoms with Crippen molar-refractivity contribution >= 4 is 11.8 Å². The molecule has 1 unspecified atom stereocenters. The first-order chi connectivity index (χ1) is 12.0. The van der Waals surface area contributed by atoms with Crippen LogP contribution in [0.25, 0.3) is 0 Å². The molecule has 0 radical (unpaired) electrons. The molecule has 0 aliphatic rings. The van der Waals surface area contributed by atoms with E-state index in [9.17, 15) is 9.59 Å². The normalized spacial score (nSPS) is 11.6. The molecule has 0 aromatic heterocycles. The van der Waals surface area contributed by atoms with Crippen LogP contribution in [0.1, 0.15) is 43.0 Å². The number of hydrogen-bond donors (Lipinski definition) is 1. The van der Waals surface area contributed by atoms with Crippen LogP contribution in [0, 0.1) is 0 Å². The van der Waals surface area contributed by atoms with Gasteiger partial charge in [0.25, 0.3) is 0 Å². The van der Waals surface area contributed by atoms with Gasteiger partial charge in [-0.1, -0.05) is 61.5 Å². The first kappa shape index (κ1) is 18.7. The molecule has 132 valence electrons. The molecule has 0 aliphatic heterocycles. The van der Waals surface area contributed by atoms with Gasteiger partial charge in [0.2, 0.25) is 11.8 Å². The van der Waals surface area contributed by atoms with Crippen LogP contribution in [0.15, 0.2) is 54.6 Å². The Balaban J connectivity index is 2.02. The van der Waals surface area contributed by atoms with Gasteiger partial charge in [-0.15, -0.1) is 0 Å². The van der Waals surface area contributed by atoms with Gasteiger partial charge in [-0.25, -0.2) is 0 Å². The Labute approximate surface area is 149 Å². The van der Waals surface area contributed by atoms with Crippen LogP contribution in [0.2, 0.25) is 0 Å². The van der Waals surface area contributed by atoms with Crippen LogP contribution in [-0.4, -0.2) is 23.8 Å². The van der Waals surface area contributed by atoms with Gasteiger partial charge in [-0.05, 0) is 23.1 Å². The molecule has 0 saturated heterocycles. The van der Waals surface area contributed by atoms with Gasteiger partial charge in [0.05, 0.1) is 12.5 Å². The minimum absolute atomic E-state index is 0.00201. The maximum atomic E-state index is 12.6. The monoisotopic (exact) mass is 338 g/mol. The number of carbonyl (C=O) groups excluding carboxylic acids is 2. The van der Waals surface area contributed by atoms with Crippen molar-refractivity contribution in [2.24, 2.45) is 0 Å². The second kappa shape index (κ2) is 9.02. The van der Waals surface area contributed by atoms with Gasteiger partial charge in [-0.3, -0.25) is 9.59 Å². The zero-order valence-corrected chi connectivity index (χ0v) is 15.2. The average molecular weight is 338 g/mol. The Kier molecular flexibility index (Phi) is 6.75. The van der Waals surface area contributed by atoms with Crippen molar-refractivity contribution in [2.75, 3.05) is 7.05 Å². The van der Waals surface area contributed by atoms with E-state index in [1.165, 1.54) is 12.5 Å². The predicted molar refractivity (Wildman–Crippen MR) is 99.9 cm³/mol. The van der Waals surface area contributed by atoms with E-state index in [1.807, 2.05) is 30.3 Å². The molecule has 0 bridgehead atoms. The molecule has 4 heteroatoms. The smallest absolute Gasteiger partial charge is 0.225 e. The van der Waals surface area contributed by atoms with Crippen LogP contribution < -0.4 is 5.32 Å². The zero-order chi connectivity index (χ0) is 18.2. The van der Waals surface area contributed by atoms with E-state index in [-0.39, 0.29) is 24.3 Å². The first-order valence-corrected chi connectivity index (χ1v) is 8.63. The minimum Gasteiger partial charge on any atom is -0.349 e. The summed E-state index contributed by atoms with van der Waals surface area (Å²) < 4.78 is 0. The topological polar surface area (TPSA) is 49.4 Å². The fraction of sp³-hybridized carbons (Fsp3) is 0.333. The lowest BCUT2D eigenvalue weighted by Crippen LogP contribution is -2.33. The highest BCUT2D eigenvalue weighted by atomic mass is 16.2. The molecule has 0 fully saturated rings. The number of aryl methyl sites for hydroxylation is 1. The molecule has 0 heterocycles. The first-order valence-electron chi connectivity index (χ1n) is 8.63. The lowest BCUT2D eigenvalue weighted by Gasteiger charge is -2.23. The second-order valence-electron chi connectivity index (χ2n) is 6.29. The van der Waals surface area contributed by atoms with E-state index in [0.29, 0.717) is 6.54 Å². The van der Waals surface area contributed by atoms with Crippen LogP contribution >= 0.6 is 0 Å².